The minimum atomic E-state index is 0.276. The fourth-order valence-electron chi connectivity index (χ4n) is 5.79. The van der Waals surface area contributed by atoms with Gasteiger partial charge in [0.1, 0.15) is 6.07 Å². The van der Waals surface area contributed by atoms with E-state index in [1.807, 2.05) is 37.3 Å². The molecule has 0 saturated heterocycles. The van der Waals surface area contributed by atoms with Gasteiger partial charge in [-0.05, 0) is 56.4 Å². The van der Waals surface area contributed by atoms with E-state index in [1.54, 1.807) is 11.8 Å². The van der Waals surface area contributed by atoms with Crippen LogP contribution in [-0.4, -0.2) is 38.0 Å². The highest BCUT2D eigenvalue weighted by Gasteiger charge is 2.32. The number of nitriles is 1. The summed E-state index contributed by atoms with van der Waals surface area (Å²) in [6.45, 7) is 1.96. The van der Waals surface area contributed by atoms with Crippen molar-refractivity contribution in [2.24, 2.45) is 0 Å². The van der Waals surface area contributed by atoms with Crippen molar-refractivity contribution in [2.75, 3.05) is 5.75 Å². The number of rotatable bonds is 5. The van der Waals surface area contributed by atoms with Gasteiger partial charge in [0, 0.05) is 12.1 Å². The maximum atomic E-state index is 13.7. The monoisotopic (exact) mass is 460 g/mol. The first kappa shape index (κ1) is 22.3. The van der Waals surface area contributed by atoms with Crippen molar-refractivity contribution in [3.05, 3.63) is 41.5 Å². The molecule has 2 heterocycles. The molecule has 2 aliphatic carbocycles. The fourth-order valence-corrected chi connectivity index (χ4v) is 6.79. The molecule has 0 radical (unpaired) electrons. The van der Waals surface area contributed by atoms with Crippen LogP contribution in [0, 0.1) is 18.3 Å². The largest absolute Gasteiger partial charge is 0.336 e. The number of imidazole rings is 1. The number of thioether (sulfide) groups is 1. The summed E-state index contributed by atoms with van der Waals surface area (Å²) in [5, 5.41) is 10.7. The van der Waals surface area contributed by atoms with Crippen LogP contribution in [-0.2, 0) is 4.79 Å². The summed E-state index contributed by atoms with van der Waals surface area (Å²) in [6, 6.07) is 13.2. The molecule has 33 heavy (non-hydrogen) atoms. The number of hydrogen-bond donors (Lipinski definition) is 0. The van der Waals surface area contributed by atoms with Gasteiger partial charge in [-0.15, -0.1) is 0 Å². The van der Waals surface area contributed by atoms with Gasteiger partial charge in [-0.1, -0.05) is 62.4 Å². The lowest BCUT2D eigenvalue weighted by atomic mass is 9.88. The molecule has 3 aromatic rings. The lowest BCUT2D eigenvalue weighted by molar-refractivity contribution is -0.135. The van der Waals surface area contributed by atoms with Crippen LogP contribution in [0.2, 0.25) is 0 Å². The van der Waals surface area contributed by atoms with E-state index in [9.17, 15) is 10.1 Å². The van der Waals surface area contributed by atoms with Gasteiger partial charge in [-0.3, -0.25) is 9.20 Å². The lowest BCUT2D eigenvalue weighted by Gasteiger charge is -2.41. The number of para-hydroxylation sites is 2. The van der Waals surface area contributed by atoms with Crippen molar-refractivity contribution >= 4 is 34.3 Å². The third-order valence-corrected chi connectivity index (χ3v) is 8.41. The van der Waals surface area contributed by atoms with E-state index in [2.05, 4.69) is 15.4 Å². The summed E-state index contributed by atoms with van der Waals surface area (Å²) in [6.07, 6.45) is 12.2. The van der Waals surface area contributed by atoms with Crippen molar-refractivity contribution in [3.63, 3.8) is 0 Å². The molecule has 0 unspecified atom stereocenters. The zero-order chi connectivity index (χ0) is 22.8. The van der Waals surface area contributed by atoms with Crippen LogP contribution in [0.15, 0.2) is 35.4 Å². The number of hydrogen-bond acceptors (Lipinski definition) is 4. The molecule has 1 aromatic carbocycles. The van der Waals surface area contributed by atoms with Crippen molar-refractivity contribution in [1.82, 2.24) is 14.3 Å². The molecule has 0 aliphatic heterocycles. The number of benzene rings is 1. The number of amides is 1. The SMILES string of the molecule is Cc1cc(SCC(=O)N(C2CCCCC2)C2CCCCC2)n2c(nc3ccccc32)c1C#N. The summed E-state index contributed by atoms with van der Waals surface area (Å²) in [7, 11) is 0. The number of pyridine rings is 1. The van der Waals surface area contributed by atoms with Crippen LogP contribution in [0.25, 0.3) is 16.7 Å². The Balaban J connectivity index is 1.45. The molecule has 2 aliphatic rings. The smallest absolute Gasteiger partial charge is 0.233 e. The molecule has 0 atom stereocenters. The van der Waals surface area contributed by atoms with E-state index in [1.165, 1.54) is 38.5 Å². The van der Waals surface area contributed by atoms with Gasteiger partial charge < -0.3 is 4.90 Å². The highest BCUT2D eigenvalue weighted by Crippen LogP contribution is 2.33. The van der Waals surface area contributed by atoms with Crippen LogP contribution in [0.4, 0.5) is 0 Å². The Hall–Kier alpha value is -2.52. The summed E-state index contributed by atoms with van der Waals surface area (Å²) < 4.78 is 2.06. The van der Waals surface area contributed by atoms with Gasteiger partial charge in [-0.25, -0.2) is 4.98 Å². The maximum Gasteiger partial charge on any atom is 0.233 e. The Morgan fingerprint density at radius 1 is 1.09 bits per heavy atom. The molecule has 0 bridgehead atoms. The summed E-state index contributed by atoms with van der Waals surface area (Å²) in [5.41, 5.74) is 4.05. The van der Waals surface area contributed by atoms with Crippen LogP contribution in [0.1, 0.15) is 75.3 Å². The van der Waals surface area contributed by atoms with E-state index >= 15 is 0 Å². The molecule has 2 saturated carbocycles. The number of aromatic nitrogens is 2. The third kappa shape index (κ3) is 4.36. The predicted molar refractivity (Wildman–Crippen MR) is 133 cm³/mol. The molecular weight excluding hydrogens is 428 g/mol. The average molecular weight is 461 g/mol. The second-order valence-corrected chi connectivity index (χ2v) is 10.6. The molecule has 2 aromatic heterocycles. The van der Waals surface area contributed by atoms with E-state index in [4.69, 9.17) is 4.98 Å². The predicted octanol–water partition coefficient (Wildman–Crippen LogP) is 6.25. The quantitative estimate of drug-likeness (QED) is 0.422. The zero-order valence-electron chi connectivity index (χ0n) is 19.4. The Labute approximate surface area is 200 Å². The van der Waals surface area contributed by atoms with Crippen LogP contribution < -0.4 is 0 Å². The molecule has 5 nitrogen and oxygen atoms in total. The van der Waals surface area contributed by atoms with Gasteiger partial charge >= 0.3 is 0 Å². The molecule has 1 amide bonds. The van der Waals surface area contributed by atoms with Crippen molar-refractivity contribution in [1.29, 1.82) is 5.26 Å². The van der Waals surface area contributed by atoms with Crippen molar-refractivity contribution in [2.45, 2.75) is 88.2 Å². The Morgan fingerprint density at radius 3 is 2.36 bits per heavy atom. The molecular formula is C27H32N4OS. The van der Waals surface area contributed by atoms with Crippen molar-refractivity contribution < 1.29 is 4.79 Å². The summed E-state index contributed by atoms with van der Waals surface area (Å²) >= 11 is 1.59. The highest BCUT2D eigenvalue weighted by molar-refractivity contribution is 7.99. The molecule has 2 fully saturated rings. The first-order valence-electron chi connectivity index (χ1n) is 12.4. The number of carbonyl (C=O) groups excluding carboxylic acids is 1. The van der Waals surface area contributed by atoms with Gasteiger partial charge in [-0.2, -0.15) is 5.26 Å². The third-order valence-electron chi connectivity index (χ3n) is 7.42. The van der Waals surface area contributed by atoms with E-state index in [0.717, 1.165) is 47.3 Å². The number of fused-ring (bicyclic) bond motifs is 3. The summed E-state index contributed by atoms with van der Waals surface area (Å²) in [5.74, 6) is 0.707. The first-order chi connectivity index (χ1) is 16.2. The highest BCUT2D eigenvalue weighted by atomic mass is 32.2. The van der Waals surface area contributed by atoms with Crippen LogP contribution in [0.3, 0.4) is 0 Å². The topological polar surface area (TPSA) is 61.4 Å². The summed E-state index contributed by atoms with van der Waals surface area (Å²) in [4.78, 5) is 20.7. The molecule has 0 N–H and O–H groups in total. The molecule has 0 spiro atoms. The minimum absolute atomic E-state index is 0.276. The first-order valence-corrected chi connectivity index (χ1v) is 13.4. The van der Waals surface area contributed by atoms with Gasteiger partial charge in [0.25, 0.3) is 0 Å². The Morgan fingerprint density at radius 2 is 1.73 bits per heavy atom. The van der Waals surface area contributed by atoms with E-state index in [-0.39, 0.29) is 5.91 Å². The number of nitrogens with zero attached hydrogens (tertiary/aromatic N) is 4. The van der Waals surface area contributed by atoms with E-state index < -0.39 is 0 Å². The number of aryl methyl sites for hydroxylation is 1. The molecule has 172 valence electrons. The Kier molecular flexibility index (Phi) is 6.59. The van der Waals surface area contributed by atoms with Gasteiger partial charge in [0.15, 0.2) is 5.65 Å². The normalized spacial score (nSPS) is 17.9. The van der Waals surface area contributed by atoms with Gasteiger partial charge in [0.05, 0.1) is 27.4 Å². The molecule has 6 heteroatoms. The van der Waals surface area contributed by atoms with Crippen LogP contribution in [0.5, 0.6) is 0 Å². The van der Waals surface area contributed by atoms with Crippen LogP contribution >= 0.6 is 11.8 Å². The minimum Gasteiger partial charge on any atom is -0.336 e. The lowest BCUT2D eigenvalue weighted by Crippen LogP contribution is -2.49. The molecule has 5 rings (SSSR count). The standard InChI is InChI=1S/C27H32N4OS/c1-19-16-26(31-24-15-9-8-14-23(24)29-27(31)22(19)17-28)33-18-25(32)30(20-10-4-2-5-11-20)21-12-6-3-7-13-21/h8-9,14-16,20-21H,2-7,10-13,18H2,1H3. The van der Waals surface area contributed by atoms with E-state index in [0.29, 0.717) is 29.0 Å². The average Bonchev–Trinajstić information content (AvgIpc) is 3.23. The fraction of sp³-hybridized carbons (Fsp3) is 0.519. The zero-order valence-corrected chi connectivity index (χ0v) is 20.2. The second-order valence-electron chi connectivity index (χ2n) is 9.59. The Bertz CT molecular complexity index is 1180. The van der Waals surface area contributed by atoms with Crippen molar-refractivity contribution in [3.8, 4) is 6.07 Å². The van der Waals surface area contributed by atoms with Gasteiger partial charge in [0.2, 0.25) is 5.91 Å². The number of carbonyl (C=O) groups is 1. The second kappa shape index (κ2) is 9.77. The maximum absolute atomic E-state index is 13.7.